The maximum Gasteiger partial charge on any atom is 0.701 e. The first-order valence-corrected chi connectivity index (χ1v) is 6.80. The molecule has 0 saturated heterocycles. The van der Waals surface area contributed by atoms with Crippen LogP contribution in [0.25, 0.3) is 0 Å². The fraction of sp³-hybridized carbons (Fsp3) is 0.875. The van der Waals surface area contributed by atoms with E-state index in [1.807, 2.05) is 19.3 Å². The van der Waals surface area contributed by atoms with Crippen molar-refractivity contribution in [2.45, 2.75) is 26.7 Å². The van der Waals surface area contributed by atoms with Gasteiger partial charge in [0.2, 0.25) is 0 Å². The van der Waals surface area contributed by atoms with Gasteiger partial charge in [0, 0.05) is 20.3 Å². The molecule has 0 bridgehead atoms. The molecule has 0 rings (SSSR count). The van der Waals surface area contributed by atoms with Crippen LogP contribution in [0.2, 0.25) is 0 Å². The van der Waals surface area contributed by atoms with E-state index in [2.05, 4.69) is 0 Å². The molecule has 0 saturated carbocycles. The van der Waals surface area contributed by atoms with Crippen LogP contribution >= 0.6 is 0 Å². The molecule has 0 atom stereocenters. The number of carbonyl (C=O) groups is 1. The van der Waals surface area contributed by atoms with Crippen LogP contribution in [-0.4, -0.2) is 35.4 Å². The number of primary amides is 1. The second kappa shape index (κ2) is 8.48. The lowest BCUT2D eigenvalue weighted by Gasteiger charge is -2.25. The fourth-order valence-corrected chi connectivity index (χ4v) is 2.48. The number of urea groups is 1. The molecule has 7 nitrogen and oxygen atoms in total. The predicted octanol–water partition coefficient (Wildman–Crippen LogP) is 0.521. The van der Waals surface area contributed by atoms with Gasteiger partial charge in [0.25, 0.3) is 0 Å². The number of hydroxylamine groups is 1. The number of rotatable bonds is 9. The molecule has 0 fully saturated rings. The summed E-state index contributed by atoms with van der Waals surface area (Å²) in [6.07, 6.45) is 1.57. The molecular weight excluding hydrogens is 232 g/mol. The van der Waals surface area contributed by atoms with E-state index < -0.39 is 15.1 Å². The van der Waals surface area contributed by atoms with E-state index in [1.165, 1.54) is 7.11 Å². The summed E-state index contributed by atoms with van der Waals surface area (Å²) in [5, 5.41) is 0. The zero-order valence-corrected chi connectivity index (χ0v) is 10.9. The molecule has 0 aliphatic rings. The molecule has 0 aromatic rings. The molecule has 0 heterocycles. The minimum atomic E-state index is -3.29. The van der Waals surface area contributed by atoms with Crippen molar-refractivity contribution in [2.75, 3.05) is 20.3 Å². The van der Waals surface area contributed by atoms with Gasteiger partial charge in [0.15, 0.2) is 0 Å². The number of amides is 2. The zero-order valence-electron chi connectivity index (χ0n) is 9.95. The summed E-state index contributed by atoms with van der Waals surface area (Å²) in [6.45, 7) is 4.72. The van der Waals surface area contributed by atoms with Crippen molar-refractivity contribution in [3.63, 3.8) is 0 Å². The first-order chi connectivity index (χ1) is 7.60. The van der Waals surface area contributed by atoms with Crippen LogP contribution in [0.3, 0.4) is 0 Å². The monoisotopic (exact) mass is 252 g/mol. The van der Waals surface area contributed by atoms with Crippen molar-refractivity contribution >= 4 is 15.1 Å². The Labute approximate surface area is 96.6 Å². The van der Waals surface area contributed by atoms with Gasteiger partial charge >= 0.3 is 15.1 Å². The topological polar surface area (TPSA) is 92.0 Å². The van der Waals surface area contributed by atoms with Gasteiger partial charge in [0.05, 0.1) is 0 Å². The molecule has 0 aromatic carbocycles. The van der Waals surface area contributed by atoms with Gasteiger partial charge < -0.3 is 19.0 Å². The molecular formula is C8H20N2O5Si. The summed E-state index contributed by atoms with van der Waals surface area (Å²) < 4.78 is 20.9. The van der Waals surface area contributed by atoms with Crippen molar-refractivity contribution in [2.24, 2.45) is 5.73 Å². The predicted molar refractivity (Wildman–Crippen MR) is 59.1 cm³/mol. The molecule has 16 heavy (non-hydrogen) atoms. The minimum absolute atomic E-state index is 0.421. The summed E-state index contributed by atoms with van der Waals surface area (Å²) in [5.41, 5.74) is 6.87. The van der Waals surface area contributed by atoms with E-state index in [4.69, 9.17) is 23.5 Å². The maximum absolute atomic E-state index is 10.6. The smallest absolute Gasteiger partial charge is 0.353 e. The minimum Gasteiger partial charge on any atom is -0.353 e. The van der Waals surface area contributed by atoms with E-state index in [0.717, 1.165) is 12.8 Å². The number of nitrogens with one attached hydrogen (secondary N) is 1. The van der Waals surface area contributed by atoms with Gasteiger partial charge in [-0.15, -0.1) is 0 Å². The van der Waals surface area contributed by atoms with Gasteiger partial charge in [0.1, 0.15) is 0 Å². The molecule has 3 N–H and O–H groups in total. The van der Waals surface area contributed by atoms with Crippen LogP contribution in [-0.2, 0) is 17.8 Å². The Bertz CT molecular complexity index is 197. The average Bonchev–Trinajstić information content (AvgIpc) is 2.29. The third kappa shape index (κ3) is 6.03. The van der Waals surface area contributed by atoms with Crippen LogP contribution in [0, 0.1) is 0 Å². The highest BCUT2D eigenvalue weighted by Gasteiger charge is 2.46. The Kier molecular flexibility index (Phi) is 8.12. The molecule has 0 aliphatic heterocycles. The second-order valence-corrected chi connectivity index (χ2v) is 5.16. The highest BCUT2D eigenvalue weighted by atomic mass is 28.4. The quantitative estimate of drug-likeness (QED) is 0.461. The van der Waals surface area contributed by atoms with E-state index in [-0.39, 0.29) is 0 Å². The molecule has 2 amide bonds. The molecule has 96 valence electrons. The normalized spacial score (nSPS) is 11.4. The zero-order chi connectivity index (χ0) is 12.4. The maximum atomic E-state index is 10.6. The number of nitrogens with two attached hydrogens (primary N) is 1. The van der Waals surface area contributed by atoms with E-state index in [0.29, 0.717) is 13.2 Å². The van der Waals surface area contributed by atoms with Gasteiger partial charge in [-0.1, -0.05) is 13.8 Å². The molecule has 0 unspecified atom stereocenters. The van der Waals surface area contributed by atoms with Gasteiger partial charge in [-0.2, -0.15) is 0 Å². The molecule has 0 aromatic heterocycles. The SMILES string of the molecule is CCCO[Si](OC)(OCCC)ONC(N)=O. The fourth-order valence-electron chi connectivity index (χ4n) is 0.827. The molecule has 0 aliphatic carbocycles. The Morgan fingerprint density at radius 2 is 1.75 bits per heavy atom. The van der Waals surface area contributed by atoms with E-state index >= 15 is 0 Å². The summed E-state index contributed by atoms with van der Waals surface area (Å²) in [6, 6.07) is -0.825. The lowest BCUT2D eigenvalue weighted by molar-refractivity contribution is -0.0421. The van der Waals surface area contributed by atoms with Gasteiger partial charge in [-0.05, 0) is 12.8 Å². The van der Waals surface area contributed by atoms with Crippen molar-refractivity contribution in [3.8, 4) is 0 Å². The van der Waals surface area contributed by atoms with Crippen LogP contribution in [0.1, 0.15) is 26.7 Å². The Hall–Kier alpha value is -0.673. The van der Waals surface area contributed by atoms with Crippen LogP contribution < -0.4 is 11.2 Å². The highest BCUT2D eigenvalue weighted by Crippen LogP contribution is 2.10. The van der Waals surface area contributed by atoms with E-state index in [9.17, 15) is 4.79 Å². The first-order valence-electron chi connectivity index (χ1n) is 5.16. The van der Waals surface area contributed by atoms with Crippen molar-refractivity contribution < 1.29 is 22.6 Å². The Morgan fingerprint density at radius 1 is 1.25 bits per heavy atom. The highest BCUT2D eigenvalue weighted by molar-refractivity contribution is 6.53. The van der Waals surface area contributed by atoms with Crippen LogP contribution in [0.5, 0.6) is 0 Å². The largest absolute Gasteiger partial charge is 0.701 e. The van der Waals surface area contributed by atoms with Crippen molar-refractivity contribution in [3.05, 3.63) is 0 Å². The first kappa shape index (κ1) is 15.3. The summed E-state index contributed by atoms with van der Waals surface area (Å²) in [5.74, 6) is 0. The van der Waals surface area contributed by atoms with Gasteiger partial charge in [-0.25, -0.2) is 14.8 Å². The third-order valence-electron chi connectivity index (χ3n) is 1.49. The molecule has 0 radical (unpaired) electrons. The number of hydrogen-bond donors (Lipinski definition) is 2. The standard InChI is InChI=1S/C8H20N2O5Si/c1-4-6-13-16(12-3,14-7-5-2)15-10-8(9)11/h4-7H2,1-3H3,(H3,9,10,11). The number of carbonyl (C=O) groups excluding carboxylic acids is 1. The molecule has 0 spiro atoms. The van der Waals surface area contributed by atoms with Gasteiger partial charge in [-0.3, -0.25) is 0 Å². The third-order valence-corrected chi connectivity index (χ3v) is 3.46. The Morgan fingerprint density at radius 3 is 2.06 bits per heavy atom. The van der Waals surface area contributed by atoms with Crippen LogP contribution in [0.4, 0.5) is 4.79 Å². The lowest BCUT2D eigenvalue weighted by Crippen LogP contribution is -2.53. The van der Waals surface area contributed by atoms with E-state index in [1.54, 1.807) is 0 Å². The second-order valence-electron chi connectivity index (χ2n) is 2.97. The summed E-state index contributed by atoms with van der Waals surface area (Å²) >= 11 is 0. The van der Waals surface area contributed by atoms with Crippen molar-refractivity contribution in [1.29, 1.82) is 0 Å². The number of hydrogen-bond acceptors (Lipinski definition) is 5. The average molecular weight is 252 g/mol. The Balaban J connectivity index is 4.33. The summed E-state index contributed by atoms with van der Waals surface area (Å²) in [7, 11) is -1.88. The lowest BCUT2D eigenvalue weighted by atomic mass is 10.5. The molecule has 8 heteroatoms. The van der Waals surface area contributed by atoms with Crippen molar-refractivity contribution in [1.82, 2.24) is 5.48 Å². The summed E-state index contributed by atoms with van der Waals surface area (Å²) in [4.78, 5) is 10.6. The van der Waals surface area contributed by atoms with Crippen LogP contribution in [0.15, 0.2) is 0 Å².